The number of para-hydroxylation sites is 2. The molecule has 0 amide bonds. The number of aromatic nitrogens is 2. The van der Waals surface area contributed by atoms with Gasteiger partial charge in [0.1, 0.15) is 0 Å². The van der Waals surface area contributed by atoms with Crippen molar-refractivity contribution in [2.24, 2.45) is 5.73 Å². The molecule has 3 heteroatoms. The van der Waals surface area contributed by atoms with Crippen LogP contribution in [0.4, 0.5) is 0 Å². The van der Waals surface area contributed by atoms with Crippen LogP contribution in [0.25, 0.3) is 16.6 Å². The van der Waals surface area contributed by atoms with E-state index in [4.69, 9.17) is 5.73 Å². The summed E-state index contributed by atoms with van der Waals surface area (Å²) in [6.07, 6.45) is 2.75. The fourth-order valence-corrected chi connectivity index (χ4v) is 2.40. The van der Waals surface area contributed by atoms with Crippen LogP contribution in [-0.4, -0.2) is 15.8 Å². The molecule has 0 aliphatic carbocycles. The minimum Gasteiger partial charge on any atom is -0.328 e. The summed E-state index contributed by atoms with van der Waals surface area (Å²) in [6.45, 7) is 2.03. The zero-order valence-corrected chi connectivity index (χ0v) is 11.0. The molecule has 0 aliphatic rings. The SMILES string of the molecule is CC(N)Cc1ccccc1-n1ncc2ccccc21. The van der Waals surface area contributed by atoms with Gasteiger partial charge in [-0.05, 0) is 31.0 Å². The van der Waals surface area contributed by atoms with Crippen LogP contribution in [-0.2, 0) is 6.42 Å². The van der Waals surface area contributed by atoms with E-state index in [-0.39, 0.29) is 6.04 Å². The van der Waals surface area contributed by atoms with Gasteiger partial charge in [0.15, 0.2) is 0 Å². The Labute approximate surface area is 112 Å². The molecule has 3 aromatic rings. The second-order valence-corrected chi connectivity index (χ2v) is 4.93. The lowest BCUT2D eigenvalue weighted by atomic mass is 10.1. The van der Waals surface area contributed by atoms with Crippen molar-refractivity contribution in [2.75, 3.05) is 0 Å². The highest BCUT2D eigenvalue weighted by Gasteiger charge is 2.09. The van der Waals surface area contributed by atoms with Crippen LogP contribution < -0.4 is 5.73 Å². The third-order valence-corrected chi connectivity index (χ3v) is 3.24. The van der Waals surface area contributed by atoms with Gasteiger partial charge in [-0.2, -0.15) is 5.10 Å². The molecule has 1 heterocycles. The van der Waals surface area contributed by atoms with Crippen molar-refractivity contribution in [3.8, 4) is 5.69 Å². The highest BCUT2D eigenvalue weighted by Crippen LogP contribution is 2.21. The minimum atomic E-state index is 0.142. The molecule has 3 nitrogen and oxygen atoms in total. The Kier molecular flexibility index (Phi) is 3.05. The van der Waals surface area contributed by atoms with Gasteiger partial charge in [-0.3, -0.25) is 0 Å². The minimum absolute atomic E-state index is 0.142. The third kappa shape index (κ3) is 2.25. The first-order valence-corrected chi connectivity index (χ1v) is 6.52. The van der Waals surface area contributed by atoms with Gasteiger partial charge in [0.2, 0.25) is 0 Å². The van der Waals surface area contributed by atoms with Gasteiger partial charge in [0.05, 0.1) is 17.4 Å². The van der Waals surface area contributed by atoms with Crippen molar-refractivity contribution >= 4 is 10.9 Å². The first-order chi connectivity index (χ1) is 9.25. The number of hydrogen-bond donors (Lipinski definition) is 1. The van der Waals surface area contributed by atoms with Gasteiger partial charge in [0, 0.05) is 11.4 Å². The van der Waals surface area contributed by atoms with Gasteiger partial charge < -0.3 is 5.73 Å². The largest absolute Gasteiger partial charge is 0.328 e. The molecule has 0 radical (unpaired) electrons. The molecule has 2 aromatic carbocycles. The number of benzene rings is 2. The van der Waals surface area contributed by atoms with Gasteiger partial charge in [-0.15, -0.1) is 0 Å². The van der Waals surface area contributed by atoms with E-state index in [1.807, 2.05) is 42.1 Å². The van der Waals surface area contributed by atoms with Gasteiger partial charge in [0.25, 0.3) is 0 Å². The van der Waals surface area contributed by atoms with Gasteiger partial charge >= 0.3 is 0 Å². The van der Waals surface area contributed by atoms with Crippen molar-refractivity contribution in [1.82, 2.24) is 9.78 Å². The van der Waals surface area contributed by atoms with E-state index in [0.29, 0.717) is 0 Å². The van der Waals surface area contributed by atoms with E-state index in [1.54, 1.807) is 0 Å². The Morgan fingerprint density at radius 2 is 1.84 bits per heavy atom. The predicted octanol–water partition coefficient (Wildman–Crippen LogP) is 2.92. The molecule has 19 heavy (non-hydrogen) atoms. The van der Waals surface area contributed by atoms with E-state index < -0.39 is 0 Å². The Morgan fingerprint density at radius 3 is 2.68 bits per heavy atom. The smallest absolute Gasteiger partial charge is 0.0741 e. The van der Waals surface area contributed by atoms with Gasteiger partial charge in [-0.1, -0.05) is 36.4 Å². The second kappa shape index (κ2) is 4.86. The molecule has 3 rings (SSSR count). The summed E-state index contributed by atoms with van der Waals surface area (Å²) in [4.78, 5) is 0. The standard InChI is InChI=1S/C16H17N3/c1-12(17)10-13-6-2-4-8-15(13)19-16-9-5-3-7-14(16)11-18-19/h2-9,11-12H,10,17H2,1H3. The Bertz CT molecular complexity index is 698. The van der Waals surface area contributed by atoms with Crippen molar-refractivity contribution in [1.29, 1.82) is 0 Å². The lowest BCUT2D eigenvalue weighted by Crippen LogP contribution is -2.19. The van der Waals surface area contributed by atoms with E-state index >= 15 is 0 Å². The zero-order chi connectivity index (χ0) is 13.2. The van der Waals surface area contributed by atoms with Gasteiger partial charge in [-0.25, -0.2) is 4.68 Å². The summed E-state index contributed by atoms with van der Waals surface area (Å²) < 4.78 is 1.99. The monoisotopic (exact) mass is 251 g/mol. The number of nitrogens with two attached hydrogens (primary N) is 1. The molecule has 0 spiro atoms. The van der Waals surface area contributed by atoms with E-state index in [0.717, 1.165) is 23.0 Å². The van der Waals surface area contributed by atoms with Crippen LogP contribution in [0.5, 0.6) is 0 Å². The fraction of sp³-hybridized carbons (Fsp3) is 0.188. The zero-order valence-electron chi connectivity index (χ0n) is 11.0. The second-order valence-electron chi connectivity index (χ2n) is 4.93. The first kappa shape index (κ1) is 11.9. The van der Waals surface area contributed by atoms with E-state index in [2.05, 4.69) is 29.4 Å². The van der Waals surface area contributed by atoms with Crippen molar-refractivity contribution < 1.29 is 0 Å². The molecular weight excluding hydrogens is 234 g/mol. The summed E-state index contributed by atoms with van der Waals surface area (Å²) >= 11 is 0. The lowest BCUT2D eigenvalue weighted by Gasteiger charge is -2.12. The first-order valence-electron chi connectivity index (χ1n) is 6.52. The van der Waals surface area contributed by atoms with Crippen molar-refractivity contribution in [2.45, 2.75) is 19.4 Å². The van der Waals surface area contributed by atoms with Crippen molar-refractivity contribution in [3.63, 3.8) is 0 Å². The highest BCUT2D eigenvalue weighted by molar-refractivity contribution is 5.80. The summed E-state index contributed by atoms with van der Waals surface area (Å²) in [5.74, 6) is 0. The summed E-state index contributed by atoms with van der Waals surface area (Å²) in [7, 11) is 0. The Morgan fingerprint density at radius 1 is 1.11 bits per heavy atom. The molecule has 0 bridgehead atoms. The highest BCUT2D eigenvalue weighted by atomic mass is 15.3. The van der Waals surface area contributed by atoms with E-state index in [1.165, 1.54) is 5.56 Å². The molecule has 0 saturated heterocycles. The summed E-state index contributed by atoms with van der Waals surface area (Å²) in [6, 6.07) is 16.7. The maximum Gasteiger partial charge on any atom is 0.0741 e. The number of hydrogen-bond acceptors (Lipinski definition) is 2. The summed E-state index contributed by atoms with van der Waals surface area (Å²) in [5, 5.41) is 5.66. The van der Waals surface area contributed by atoms with Crippen molar-refractivity contribution in [3.05, 3.63) is 60.3 Å². The molecule has 0 fully saturated rings. The molecule has 96 valence electrons. The molecule has 1 atom stereocenters. The molecule has 2 N–H and O–H groups in total. The summed E-state index contributed by atoms with van der Waals surface area (Å²) in [5.41, 5.74) is 9.39. The quantitative estimate of drug-likeness (QED) is 0.777. The Balaban J connectivity index is 2.16. The number of fused-ring (bicyclic) bond motifs is 1. The maximum atomic E-state index is 5.93. The molecule has 1 aromatic heterocycles. The molecular formula is C16H17N3. The average Bonchev–Trinajstić information content (AvgIpc) is 2.82. The van der Waals surface area contributed by atoms with Crippen LogP contribution in [0.2, 0.25) is 0 Å². The van der Waals surface area contributed by atoms with Crippen LogP contribution in [0.15, 0.2) is 54.7 Å². The molecule has 0 saturated carbocycles. The number of rotatable bonds is 3. The third-order valence-electron chi connectivity index (χ3n) is 3.24. The molecule has 1 unspecified atom stereocenters. The van der Waals surface area contributed by atoms with Crippen LogP contribution in [0.3, 0.4) is 0 Å². The average molecular weight is 251 g/mol. The number of nitrogens with zero attached hydrogens (tertiary/aromatic N) is 2. The molecule has 0 aliphatic heterocycles. The maximum absolute atomic E-state index is 5.93. The fourth-order valence-electron chi connectivity index (χ4n) is 2.40. The normalized spacial score (nSPS) is 12.7. The topological polar surface area (TPSA) is 43.8 Å². The van der Waals surface area contributed by atoms with E-state index in [9.17, 15) is 0 Å². The van der Waals surface area contributed by atoms with Crippen LogP contribution >= 0.6 is 0 Å². The predicted molar refractivity (Wildman–Crippen MR) is 78.4 cm³/mol. The Hall–Kier alpha value is -2.13. The van der Waals surface area contributed by atoms with Crippen LogP contribution in [0.1, 0.15) is 12.5 Å². The van der Waals surface area contributed by atoms with Crippen LogP contribution in [0, 0.1) is 0 Å². The lowest BCUT2D eigenvalue weighted by molar-refractivity contribution is 0.729.